The average Bonchev–Trinajstić information content (AvgIpc) is 3.17. The highest BCUT2D eigenvalue weighted by Crippen LogP contribution is 2.14. The molecule has 2 aromatic rings. The monoisotopic (exact) mass is 838 g/mol. The third-order valence-electron chi connectivity index (χ3n) is 8.84. The number of carboxylic acids is 1. The van der Waals surface area contributed by atoms with Crippen LogP contribution in [0.1, 0.15) is 70.4 Å². The third kappa shape index (κ3) is 18.6. The van der Waals surface area contributed by atoms with E-state index in [1.54, 1.807) is 44.2 Å². The summed E-state index contributed by atoms with van der Waals surface area (Å²) in [6.45, 7) is 4.56. The molecule has 0 aliphatic heterocycles. The number of rotatable bonds is 26. The van der Waals surface area contributed by atoms with Gasteiger partial charge in [0.15, 0.2) is 0 Å². The first-order chi connectivity index (χ1) is 28.3. The number of aliphatic carboxylic acids is 1. The lowest BCUT2D eigenvalue weighted by Crippen LogP contribution is -2.60. The van der Waals surface area contributed by atoms with Gasteiger partial charge in [0.1, 0.15) is 42.2 Å². The number of nitrogens with one attached hydrogen (secondary N) is 6. The molecule has 8 amide bonds. The summed E-state index contributed by atoms with van der Waals surface area (Å²) >= 11 is 0. The van der Waals surface area contributed by atoms with Crippen molar-refractivity contribution in [1.82, 2.24) is 31.9 Å². The maximum atomic E-state index is 14.1. The van der Waals surface area contributed by atoms with Gasteiger partial charge in [-0.1, -0.05) is 56.3 Å². The van der Waals surface area contributed by atoms with Crippen molar-refractivity contribution < 1.29 is 58.2 Å². The Morgan fingerprint density at radius 3 is 1.58 bits per heavy atom. The number of nitrogens with two attached hydrogens (primary N) is 2. The van der Waals surface area contributed by atoms with E-state index in [1.807, 2.05) is 0 Å². The van der Waals surface area contributed by atoms with Crippen molar-refractivity contribution in [1.29, 1.82) is 0 Å². The minimum atomic E-state index is -1.68. The Balaban J connectivity index is 2.45. The zero-order valence-corrected chi connectivity index (χ0v) is 33.6. The van der Waals surface area contributed by atoms with E-state index in [0.29, 0.717) is 17.4 Å². The van der Waals surface area contributed by atoms with E-state index in [9.17, 15) is 53.1 Å². The molecule has 0 aromatic heterocycles. The van der Waals surface area contributed by atoms with E-state index in [0.717, 1.165) is 6.92 Å². The Labute approximate surface area is 346 Å². The van der Waals surface area contributed by atoms with E-state index in [1.165, 1.54) is 24.3 Å². The topological polar surface area (TPSA) is 335 Å². The van der Waals surface area contributed by atoms with Gasteiger partial charge in [0.2, 0.25) is 47.3 Å². The molecule has 0 radical (unpaired) electrons. The van der Waals surface area contributed by atoms with Gasteiger partial charge in [0.25, 0.3) is 0 Å². The largest absolute Gasteiger partial charge is 0.508 e. The predicted molar refractivity (Wildman–Crippen MR) is 214 cm³/mol. The molecule has 12 N–H and O–H groups in total. The molecule has 0 aliphatic carbocycles. The summed E-state index contributed by atoms with van der Waals surface area (Å²) in [6.07, 6.45) is -1.74. The van der Waals surface area contributed by atoms with Crippen LogP contribution in [-0.2, 0) is 60.8 Å². The molecule has 0 unspecified atom stereocenters. The first-order valence-electron chi connectivity index (χ1n) is 19.1. The van der Waals surface area contributed by atoms with Crippen LogP contribution in [0, 0.1) is 5.92 Å². The minimum absolute atomic E-state index is 0.0209. The Kier molecular flexibility index (Phi) is 20.4. The number of carboxylic acid groups (broad SMARTS) is 1. The van der Waals surface area contributed by atoms with Gasteiger partial charge in [0.05, 0.1) is 12.5 Å². The lowest BCUT2D eigenvalue weighted by Gasteiger charge is -2.28. The summed E-state index contributed by atoms with van der Waals surface area (Å²) in [5.74, 6) is -8.53. The summed E-state index contributed by atoms with van der Waals surface area (Å²) in [5, 5.41) is 33.8. The molecule has 20 nitrogen and oxygen atoms in total. The van der Waals surface area contributed by atoms with Crippen molar-refractivity contribution in [2.24, 2.45) is 17.4 Å². The number of hydrogen-bond acceptors (Lipinski definition) is 11. The molecule has 0 bridgehead atoms. The van der Waals surface area contributed by atoms with Gasteiger partial charge in [-0.3, -0.25) is 43.2 Å². The highest BCUT2D eigenvalue weighted by molar-refractivity contribution is 5.98. The quantitative estimate of drug-likeness (QED) is 0.0477. The van der Waals surface area contributed by atoms with Crippen LogP contribution < -0.4 is 43.4 Å². The number of primary amides is 2. The van der Waals surface area contributed by atoms with Gasteiger partial charge < -0.3 is 58.4 Å². The highest BCUT2D eigenvalue weighted by atomic mass is 16.4. The number of amides is 8. The Morgan fingerprint density at radius 2 is 1.08 bits per heavy atom. The molecule has 0 heterocycles. The Morgan fingerprint density at radius 1 is 0.600 bits per heavy atom. The normalized spacial score (nSPS) is 13.8. The molecular formula is C40H54N8O12. The summed E-state index contributed by atoms with van der Waals surface area (Å²) < 4.78 is 0. The molecular weight excluding hydrogens is 784 g/mol. The number of benzene rings is 2. The van der Waals surface area contributed by atoms with Crippen molar-refractivity contribution in [2.75, 3.05) is 0 Å². The van der Waals surface area contributed by atoms with Gasteiger partial charge in [-0.05, 0) is 48.4 Å². The van der Waals surface area contributed by atoms with E-state index in [4.69, 9.17) is 16.6 Å². The van der Waals surface area contributed by atoms with Crippen molar-refractivity contribution in [3.8, 4) is 5.75 Å². The van der Waals surface area contributed by atoms with E-state index in [2.05, 4.69) is 31.9 Å². The molecule has 6 atom stereocenters. The minimum Gasteiger partial charge on any atom is -0.508 e. The number of carbonyl (C=O) groups excluding carboxylic acids is 9. The van der Waals surface area contributed by atoms with Gasteiger partial charge in [-0.25, -0.2) is 0 Å². The zero-order chi connectivity index (χ0) is 44.9. The first kappa shape index (κ1) is 49.3. The lowest BCUT2D eigenvalue weighted by molar-refractivity contribution is -0.138. The van der Waals surface area contributed by atoms with Gasteiger partial charge in [0, 0.05) is 32.6 Å². The van der Waals surface area contributed by atoms with Crippen molar-refractivity contribution in [2.45, 2.75) is 108 Å². The number of aromatic hydroxyl groups is 1. The Hall–Kier alpha value is -6.86. The maximum absolute atomic E-state index is 14.1. The van der Waals surface area contributed by atoms with E-state index < -0.39 is 102 Å². The highest BCUT2D eigenvalue weighted by Gasteiger charge is 2.34. The van der Waals surface area contributed by atoms with Crippen molar-refractivity contribution in [3.63, 3.8) is 0 Å². The van der Waals surface area contributed by atoms with Crippen LogP contribution in [0.5, 0.6) is 5.75 Å². The molecule has 0 saturated carbocycles. The summed E-state index contributed by atoms with van der Waals surface area (Å²) in [6, 6.07) is 5.98. The van der Waals surface area contributed by atoms with Crippen molar-refractivity contribution in [3.05, 3.63) is 65.7 Å². The molecule has 20 heteroatoms. The Bertz CT molecular complexity index is 1840. The SMILES string of the molecule is CC(=O)N[C@@H](CCC(=O)O)C(=O)N[C@@H](CC(N)=O)C(=O)N[C@@H](CC(C)C)C(=O)N[C@@H](Cc1ccc(O)cc1)C(=O)N[C@@H](Cc1ccccc1)C(=O)N[C@H](C=O)CCC(N)=O. The van der Waals surface area contributed by atoms with Crippen LogP contribution >= 0.6 is 0 Å². The molecule has 0 fully saturated rings. The predicted octanol–water partition coefficient (Wildman–Crippen LogP) is -1.64. The average molecular weight is 839 g/mol. The van der Waals surface area contributed by atoms with Crippen LogP contribution in [-0.4, -0.2) is 106 Å². The maximum Gasteiger partial charge on any atom is 0.303 e. The summed E-state index contributed by atoms with van der Waals surface area (Å²) in [7, 11) is 0. The second-order valence-corrected chi connectivity index (χ2v) is 14.5. The molecule has 326 valence electrons. The zero-order valence-electron chi connectivity index (χ0n) is 33.6. The first-order valence-corrected chi connectivity index (χ1v) is 19.1. The van der Waals surface area contributed by atoms with Crippen LogP contribution in [0.2, 0.25) is 0 Å². The van der Waals surface area contributed by atoms with Crippen LogP contribution in [0.15, 0.2) is 54.6 Å². The molecule has 0 aliphatic rings. The summed E-state index contributed by atoms with van der Waals surface area (Å²) in [4.78, 5) is 127. The van der Waals surface area contributed by atoms with E-state index in [-0.39, 0.29) is 50.2 Å². The molecule has 2 aromatic carbocycles. The van der Waals surface area contributed by atoms with Crippen LogP contribution in [0.3, 0.4) is 0 Å². The number of phenols is 1. The number of hydrogen-bond donors (Lipinski definition) is 10. The smallest absolute Gasteiger partial charge is 0.303 e. The molecule has 60 heavy (non-hydrogen) atoms. The molecule has 2 rings (SSSR count). The standard InChI is InChI=1S/C40H54N8O12/c1-22(2)17-29(45-40(60)32(20-34(42)53)48-36(56)28(43-23(3)50)14-16-35(54)55)38(58)47-31(19-25-9-12-27(51)13-10-25)39(59)46-30(18-24-7-5-4-6-8-24)37(57)44-26(21-49)11-15-33(41)52/h4-10,12-13,21-22,26,28-32,51H,11,14-20H2,1-3H3,(H2,41,52)(H2,42,53)(H,43,50)(H,44,57)(H,45,60)(H,46,59)(H,47,58)(H,48,56)(H,54,55)/t26-,28-,29-,30-,31-,32-/m0/s1. The third-order valence-corrected chi connectivity index (χ3v) is 8.84. The van der Waals surface area contributed by atoms with E-state index >= 15 is 0 Å². The van der Waals surface area contributed by atoms with Crippen LogP contribution in [0.4, 0.5) is 0 Å². The number of aldehydes is 1. The number of carbonyl (C=O) groups is 10. The second-order valence-electron chi connectivity index (χ2n) is 14.5. The van der Waals surface area contributed by atoms with Gasteiger partial charge >= 0.3 is 5.97 Å². The fourth-order valence-corrected chi connectivity index (χ4v) is 5.88. The van der Waals surface area contributed by atoms with Crippen LogP contribution in [0.25, 0.3) is 0 Å². The lowest BCUT2D eigenvalue weighted by atomic mass is 9.99. The van der Waals surface area contributed by atoms with Gasteiger partial charge in [-0.15, -0.1) is 0 Å². The molecule has 0 saturated heterocycles. The van der Waals surface area contributed by atoms with Gasteiger partial charge in [-0.2, -0.15) is 0 Å². The fraction of sp³-hybridized carbons (Fsp3) is 0.450. The molecule has 0 spiro atoms. The number of phenolic OH excluding ortho intramolecular Hbond substituents is 1. The summed E-state index contributed by atoms with van der Waals surface area (Å²) in [5.41, 5.74) is 11.7. The second kappa shape index (κ2) is 24.8. The fourth-order valence-electron chi connectivity index (χ4n) is 5.88. The van der Waals surface area contributed by atoms with Crippen molar-refractivity contribution >= 4 is 59.5 Å².